The SMILES string of the molecule is O=C(CCS(=O)(=O)c1ccc(Cl)cc1)Nc1ccc(N2CCCCCC2)cc1. The van der Waals surface area contributed by atoms with Crippen LogP contribution in [0.15, 0.2) is 53.4 Å². The third kappa shape index (κ3) is 5.72. The molecule has 0 aliphatic carbocycles. The van der Waals surface area contributed by atoms with Crippen LogP contribution in [0, 0.1) is 0 Å². The van der Waals surface area contributed by atoms with Gasteiger partial charge in [-0.1, -0.05) is 24.4 Å². The Morgan fingerprint density at radius 2 is 1.54 bits per heavy atom. The fraction of sp³-hybridized carbons (Fsp3) is 0.381. The summed E-state index contributed by atoms with van der Waals surface area (Å²) in [6, 6.07) is 13.7. The Morgan fingerprint density at radius 3 is 2.14 bits per heavy atom. The molecule has 0 atom stereocenters. The van der Waals surface area contributed by atoms with Crippen molar-refractivity contribution in [2.24, 2.45) is 0 Å². The molecule has 1 saturated heterocycles. The maximum Gasteiger partial charge on any atom is 0.225 e. The highest BCUT2D eigenvalue weighted by Crippen LogP contribution is 2.22. The molecule has 0 spiro atoms. The smallest absolute Gasteiger partial charge is 0.225 e. The van der Waals surface area contributed by atoms with Crippen LogP contribution in [-0.2, 0) is 14.6 Å². The number of nitrogens with zero attached hydrogens (tertiary/aromatic N) is 1. The summed E-state index contributed by atoms with van der Waals surface area (Å²) in [6.45, 7) is 2.13. The number of hydrogen-bond donors (Lipinski definition) is 1. The van der Waals surface area contributed by atoms with E-state index in [1.54, 1.807) is 0 Å². The van der Waals surface area contributed by atoms with Gasteiger partial charge in [0.25, 0.3) is 0 Å². The molecule has 2 aromatic carbocycles. The molecule has 1 aliphatic heterocycles. The number of sulfone groups is 1. The van der Waals surface area contributed by atoms with E-state index in [4.69, 9.17) is 11.6 Å². The summed E-state index contributed by atoms with van der Waals surface area (Å²) in [5.41, 5.74) is 1.83. The zero-order valence-electron chi connectivity index (χ0n) is 15.7. The van der Waals surface area contributed by atoms with Gasteiger partial charge in [-0.05, 0) is 61.4 Å². The second kappa shape index (κ2) is 9.43. The van der Waals surface area contributed by atoms with Crippen LogP contribution >= 0.6 is 11.6 Å². The molecule has 1 aliphatic rings. The Labute approximate surface area is 171 Å². The number of carbonyl (C=O) groups is 1. The predicted octanol–water partition coefficient (Wildman–Crippen LogP) is 4.52. The Hall–Kier alpha value is -2.05. The quantitative estimate of drug-likeness (QED) is 0.745. The standard InChI is InChI=1S/C21H25ClN2O3S/c22-17-5-11-20(12-6-17)28(26,27)16-13-21(25)23-18-7-9-19(10-8-18)24-14-3-1-2-4-15-24/h5-12H,1-4,13-16H2,(H,23,25). The lowest BCUT2D eigenvalue weighted by atomic mass is 10.2. The lowest BCUT2D eigenvalue weighted by Gasteiger charge is -2.22. The van der Waals surface area contributed by atoms with Gasteiger partial charge in [-0.15, -0.1) is 0 Å². The van der Waals surface area contributed by atoms with E-state index < -0.39 is 9.84 Å². The Bertz CT molecular complexity index is 888. The number of carbonyl (C=O) groups excluding carboxylic acids is 1. The van der Waals surface area contributed by atoms with Crippen molar-refractivity contribution in [1.82, 2.24) is 0 Å². The molecule has 0 saturated carbocycles. The van der Waals surface area contributed by atoms with Gasteiger partial charge in [0, 0.05) is 35.9 Å². The van der Waals surface area contributed by atoms with Crippen LogP contribution in [0.25, 0.3) is 0 Å². The first-order valence-electron chi connectivity index (χ1n) is 9.57. The zero-order chi connectivity index (χ0) is 20.0. The van der Waals surface area contributed by atoms with Gasteiger partial charge in [0.05, 0.1) is 10.6 Å². The van der Waals surface area contributed by atoms with Gasteiger partial charge in [-0.2, -0.15) is 0 Å². The lowest BCUT2D eigenvalue weighted by molar-refractivity contribution is -0.115. The van der Waals surface area contributed by atoms with E-state index in [2.05, 4.69) is 10.2 Å². The van der Waals surface area contributed by atoms with E-state index in [0.29, 0.717) is 10.7 Å². The van der Waals surface area contributed by atoms with Gasteiger partial charge < -0.3 is 10.2 Å². The normalized spacial score (nSPS) is 15.1. The molecule has 150 valence electrons. The topological polar surface area (TPSA) is 66.5 Å². The second-order valence-corrected chi connectivity index (χ2v) is 9.56. The maximum absolute atomic E-state index is 12.3. The molecule has 0 aromatic heterocycles. The summed E-state index contributed by atoms with van der Waals surface area (Å²) in [4.78, 5) is 14.7. The molecule has 5 nitrogen and oxygen atoms in total. The summed E-state index contributed by atoms with van der Waals surface area (Å²) in [6.07, 6.45) is 4.88. The molecular weight excluding hydrogens is 396 g/mol. The van der Waals surface area contributed by atoms with Gasteiger partial charge in [0.15, 0.2) is 9.84 Å². The first-order chi connectivity index (χ1) is 13.4. The fourth-order valence-corrected chi connectivity index (χ4v) is 4.66. The molecule has 28 heavy (non-hydrogen) atoms. The Balaban J connectivity index is 1.53. The monoisotopic (exact) mass is 420 g/mol. The summed E-state index contributed by atoms with van der Waals surface area (Å²) >= 11 is 5.79. The second-order valence-electron chi connectivity index (χ2n) is 7.02. The maximum atomic E-state index is 12.3. The molecule has 1 fully saturated rings. The van der Waals surface area contributed by atoms with E-state index in [1.165, 1.54) is 49.9 Å². The third-order valence-corrected chi connectivity index (χ3v) is 6.88. The minimum atomic E-state index is -3.52. The largest absolute Gasteiger partial charge is 0.372 e. The lowest BCUT2D eigenvalue weighted by Crippen LogP contribution is -2.23. The predicted molar refractivity (Wildman–Crippen MR) is 114 cm³/mol. The van der Waals surface area contributed by atoms with Crippen LogP contribution in [0.1, 0.15) is 32.1 Å². The number of halogens is 1. The van der Waals surface area contributed by atoms with Crippen LogP contribution in [0.5, 0.6) is 0 Å². The van der Waals surface area contributed by atoms with Crippen molar-refractivity contribution >= 4 is 38.7 Å². The van der Waals surface area contributed by atoms with Gasteiger partial charge in [0.1, 0.15) is 0 Å². The van der Waals surface area contributed by atoms with Gasteiger partial charge >= 0.3 is 0 Å². The minimum absolute atomic E-state index is 0.0984. The van der Waals surface area contributed by atoms with Crippen molar-refractivity contribution in [3.8, 4) is 0 Å². The van der Waals surface area contributed by atoms with E-state index >= 15 is 0 Å². The van der Waals surface area contributed by atoms with Crippen LogP contribution in [0.2, 0.25) is 5.02 Å². The molecule has 1 heterocycles. The van der Waals surface area contributed by atoms with E-state index in [-0.39, 0.29) is 23.0 Å². The van der Waals surface area contributed by atoms with Gasteiger partial charge in [0.2, 0.25) is 5.91 Å². The highest BCUT2D eigenvalue weighted by Gasteiger charge is 2.17. The van der Waals surface area contributed by atoms with E-state index in [1.807, 2.05) is 24.3 Å². The van der Waals surface area contributed by atoms with Crippen molar-refractivity contribution in [2.75, 3.05) is 29.1 Å². The van der Waals surface area contributed by atoms with Crippen LogP contribution in [0.4, 0.5) is 11.4 Å². The van der Waals surface area contributed by atoms with Crippen LogP contribution in [0.3, 0.4) is 0 Å². The molecule has 7 heteroatoms. The molecule has 1 amide bonds. The van der Waals surface area contributed by atoms with Gasteiger partial charge in [-0.25, -0.2) is 8.42 Å². The number of amides is 1. The summed E-state index contributed by atoms with van der Waals surface area (Å²) in [5, 5.41) is 3.25. The third-order valence-electron chi connectivity index (χ3n) is 4.89. The van der Waals surface area contributed by atoms with Gasteiger partial charge in [-0.3, -0.25) is 4.79 Å². The molecule has 2 aromatic rings. The average molecular weight is 421 g/mol. The number of nitrogens with one attached hydrogen (secondary N) is 1. The molecule has 3 rings (SSSR count). The number of anilines is 2. The number of hydrogen-bond acceptors (Lipinski definition) is 4. The van der Waals surface area contributed by atoms with Crippen molar-refractivity contribution in [1.29, 1.82) is 0 Å². The van der Waals surface area contributed by atoms with Crippen molar-refractivity contribution < 1.29 is 13.2 Å². The number of benzene rings is 2. The molecule has 0 unspecified atom stereocenters. The minimum Gasteiger partial charge on any atom is -0.372 e. The summed E-state index contributed by atoms with van der Waals surface area (Å²) in [7, 11) is -3.52. The molecule has 0 bridgehead atoms. The van der Waals surface area contributed by atoms with Crippen LogP contribution < -0.4 is 10.2 Å². The van der Waals surface area contributed by atoms with Crippen molar-refractivity contribution in [3.63, 3.8) is 0 Å². The fourth-order valence-electron chi connectivity index (χ4n) is 3.29. The van der Waals surface area contributed by atoms with E-state index in [9.17, 15) is 13.2 Å². The molecule has 1 N–H and O–H groups in total. The highest BCUT2D eigenvalue weighted by molar-refractivity contribution is 7.91. The first-order valence-corrected chi connectivity index (χ1v) is 11.6. The zero-order valence-corrected chi connectivity index (χ0v) is 17.3. The van der Waals surface area contributed by atoms with Crippen molar-refractivity contribution in [3.05, 3.63) is 53.6 Å². The average Bonchev–Trinajstić information content (AvgIpc) is 2.97. The van der Waals surface area contributed by atoms with Crippen molar-refractivity contribution in [2.45, 2.75) is 37.0 Å². The Kier molecular flexibility index (Phi) is 6.97. The Morgan fingerprint density at radius 1 is 0.929 bits per heavy atom. The molecule has 0 radical (unpaired) electrons. The number of rotatable bonds is 6. The highest BCUT2D eigenvalue weighted by atomic mass is 35.5. The summed E-state index contributed by atoms with van der Waals surface area (Å²) < 4.78 is 24.6. The molecular formula is C21H25ClN2O3S. The summed E-state index contributed by atoms with van der Waals surface area (Å²) in [5.74, 6) is -0.563. The van der Waals surface area contributed by atoms with Crippen LogP contribution in [-0.4, -0.2) is 33.2 Å². The van der Waals surface area contributed by atoms with E-state index in [0.717, 1.165) is 18.8 Å². The first kappa shape index (κ1) is 20.7.